The lowest BCUT2D eigenvalue weighted by Gasteiger charge is -2.39. The third kappa shape index (κ3) is 3.41. The van der Waals surface area contributed by atoms with Crippen LogP contribution < -0.4 is 10.2 Å². The molecule has 6 nitrogen and oxygen atoms in total. The lowest BCUT2D eigenvalue weighted by molar-refractivity contribution is 0.352. The maximum Gasteiger partial charge on any atom is 0.167 e. The summed E-state index contributed by atoms with van der Waals surface area (Å²) in [7, 11) is 0. The van der Waals surface area contributed by atoms with E-state index in [0.29, 0.717) is 0 Å². The van der Waals surface area contributed by atoms with Gasteiger partial charge in [-0.2, -0.15) is 0 Å². The quantitative estimate of drug-likeness (QED) is 0.565. The number of anilines is 1. The van der Waals surface area contributed by atoms with Crippen molar-refractivity contribution >= 4 is 17.0 Å². The van der Waals surface area contributed by atoms with Crippen LogP contribution in [0, 0.1) is 5.82 Å². The summed E-state index contributed by atoms with van der Waals surface area (Å²) in [6.07, 6.45) is 3.50. The smallest absolute Gasteiger partial charge is 0.167 e. The molecule has 1 aliphatic rings. The standard InChI is InChI=1S/C23H23FN6/c1-23(2)15-29(14-13-26-23)20-8-7-19-22(28-20)30(18-9-11-25-12-10-18)21(27-19)16-3-5-17(24)6-4-16/h3-12,26H,13-15H2,1-2H3. The van der Waals surface area contributed by atoms with Crippen molar-refractivity contribution in [1.82, 2.24) is 24.8 Å². The fourth-order valence-electron chi connectivity index (χ4n) is 3.99. The van der Waals surface area contributed by atoms with Crippen LogP contribution in [0.1, 0.15) is 13.8 Å². The van der Waals surface area contributed by atoms with Crippen molar-refractivity contribution in [3.63, 3.8) is 0 Å². The second-order valence-corrected chi connectivity index (χ2v) is 8.23. The molecular weight excluding hydrogens is 379 g/mol. The van der Waals surface area contributed by atoms with Crippen molar-refractivity contribution < 1.29 is 4.39 Å². The first-order valence-corrected chi connectivity index (χ1v) is 10.1. The highest BCUT2D eigenvalue weighted by atomic mass is 19.1. The van der Waals surface area contributed by atoms with Gasteiger partial charge >= 0.3 is 0 Å². The molecule has 7 heteroatoms. The van der Waals surface area contributed by atoms with Gasteiger partial charge in [-0.3, -0.25) is 9.55 Å². The minimum absolute atomic E-state index is 0.0273. The van der Waals surface area contributed by atoms with Crippen molar-refractivity contribution in [1.29, 1.82) is 0 Å². The van der Waals surface area contributed by atoms with Crippen molar-refractivity contribution in [2.24, 2.45) is 0 Å². The molecule has 5 rings (SSSR count). The molecule has 0 aliphatic carbocycles. The number of hydrogen-bond acceptors (Lipinski definition) is 5. The maximum atomic E-state index is 13.5. The molecule has 152 valence electrons. The summed E-state index contributed by atoms with van der Waals surface area (Å²) in [5.41, 5.74) is 3.34. The molecule has 0 amide bonds. The van der Waals surface area contributed by atoms with Crippen molar-refractivity contribution in [2.75, 3.05) is 24.5 Å². The third-order valence-corrected chi connectivity index (χ3v) is 5.41. The summed E-state index contributed by atoms with van der Waals surface area (Å²) in [4.78, 5) is 16.3. The Morgan fingerprint density at radius 2 is 1.73 bits per heavy atom. The number of hydrogen-bond donors (Lipinski definition) is 1. The first kappa shape index (κ1) is 18.7. The lowest BCUT2D eigenvalue weighted by Crippen LogP contribution is -2.57. The monoisotopic (exact) mass is 402 g/mol. The minimum Gasteiger partial charge on any atom is -0.353 e. The van der Waals surface area contributed by atoms with E-state index in [9.17, 15) is 4.39 Å². The number of nitrogens with one attached hydrogen (secondary N) is 1. The summed E-state index contributed by atoms with van der Waals surface area (Å²) in [6.45, 7) is 7.09. The van der Waals surface area contributed by atoms with Crippen LogP contribution in [0.4, 0.5) is 10.2 Å². The van der Waals surface area contributed by atoms with Gasteiger partial charge in [-0.05, 0) is 62.4 Å². The first-order valence-electron chi connectivity index (χ1n) is 10.1. The van der Waals surface area contributed by atoms with Crippen LogP contribution >= 0.6 is 0 Å². The molecule has 0 unspecified atom stereocenters. The number of benzene rings is 1. The summed E-state index contributed by atoms with van der Waals surface area (Å²) < 4.78 is 15.5. The Balaban J connectivity index is 1.68. The molecule has 3 aromatic heterocycles. The SMILES string of the molecule is CC1(C)CN(c2ccc3nc(-c4ccc(F)cc4)n(-c4ccncc4)c3n2)CCN1. The molecule has 4 aromatic rings. The average molecular weight is 402 g/mol. The largest absolute Gasteiger partial charge is 0.353 e. The summed E-state index contributed by atoms with van der Waals surface area (Å²) in [5, 5.41) is 3.54. The second-order valence-electron chi connectivity index (χ2n) is 8.23. The van der Waals surface area contributed by atoms with E-state index in [1.807, 2.05) is 28.8 Å². The Labute approximate surface area is 174 Å². The Morgan fingerprint density at radius 3 is 2.47 bits per heavy atom. The molecule has 1 saturated heterocycles. The minimum atomic E-state index is -0.271. The van der Waals surface area contributed by atoms with Gasteiger partial charge in [0.2, 0.25) is 0 Å². The van der Waals surface area contributed by atoms with Crippen LogP contribution in [-0.4, -0.2) is 44.7 Å². The number of nitrogens with zero attached hydrogens (tertiary/aromatic N) is 5. The molecule has 1 aliphatic heterocycles. The van der Waals surface area contributed by atoms with Gasteiger partial charge in [0.25, 0.3) is 0 Å². The molecule has 1 aromatic carbocycles. The van der Waals surface area contributed by atoms with Gasteiger partial charge in [-0.15, -0.1) is 0 Å². The molecule has 0 saturated carbocycles. The van der Waals surface area contributed by atoms with Crippen LogP contribution in [0.15, 0.2) is 60.9 Å². The molecule has 30 heavy (non-hydrogen) atoms. The molecular formula is C23H23FN6. The number of halogens is 1. The highest BCUT2D eigenvalue weighted by molar-refractivity contribution is 5.81. The number of pyridine rings is 2. The van der Waals surface area contributed by atoms with Crippen LogP contribution in [0.2, 0.25) is 0 Å². The Hall–Kier alpha value is -3.32. The van der Waals surface area contributed by atoms with E-state index in [0.717, 1.165) is 53.7 Å². The van der Waals surface area contributed by atoms with Gasteiger partial charge in [0, 0.05) is 43.1 Å². The predicted octanol–water partition coefficient (Wildman–Crippen LogP) is 3.81. The van der Waals surface area contributed by atoms with Gasteiger partial charge in [0.05, 0.1) is 5.69 Å². The zero-order chi connectivity index (χ0) is 20.7. The maximum absolute atomic E-state index is 13.5. The molecule has 0 atom stereocenters. The molecule has 1 fully saturated rings. The van der Waals surface area contributed by atoms with Crippen molar-refractivity contribution in [2.45, 2.75) is 19.4 Å². The molecule has 4 heterocycles. The third-order valence-electron chi connectivity index (χ3n) is 5.41. The Kier molecular flexibility index (Phi) is 4.47. The molecule has 0 bridgehead atoms. The summed E-state index contributed by atoms with van der Waals surface area (Å²) >= 11 is 0. The van der Waals surface area contributed by atoms with E-state index in [2.05, 4.69) is 29.0 Å². The van der Waals surface area contributed by atoms with Crippen molar-refractivity contribution in [3.05, 3.63) is 66.7 Å². The van der Waals surface area contributed by atoms with Crippen LogP contribution in [0.25, 0.3) is 28.2 Å². The summed E-state index contributed by atoms with van der Waals surface area (Å²) in [5.74, 6) is 1.38. The molecule has 0 radical (unpaired) electrons. The predicted molar refractivity (Wildman–Crippen MR) is 116 cm³/mol. The Bertz CT molecular complexity index is 1180. The number of fused-ring (bicyclic) bond motifs is 1. The zero-order valence-electron chi connectivity index (χ0n) is 17.0. The van der Waals surface area contributed by atoms with Gasteiger partial charge in [0.1, 0.15) is 23.0 Å². The number of aromatic nitrogens is 4. The fraction of sp³-hybridized carbons (Fsp3) is 0.261. The molecule has 1 N–H and O–H groups in total. The highest BCUT2D eigenvalue weighted by Crippen LogP contribution is 2.29. The van der Waals surface area contributed by atoms with Crippen LogP contribution in [0.5, 0.6) is 0 Å². The number of rotatable bonds is 3. The van der Waals surface area contributed by atoms with E-state index in [-0.39, 0.29) is 11.4 Å². The normalized spacial score (nSPS) is 16.2. The zero-order valence-corrected chi connectivity index (χ0v) is 17.0. The average Bonchev–Trinajstić information content (AvgIpc) is 3.13. The number of imidazole rings is 1. The van der Waals surface area contributed by atoms with E-state index >= 15 is 0 Å². The topological polar surface area (TPSA) is 58.9 Å². The van der Waals surface area contributed by atoms with E-state index in [4.69, 9.17) is 9.97 Å². The van der Waals surface area contributed by atoms with Crippen molar-refractivity contribution in [3.8, 4) is 17.1 Å². The van der Waals surface area contributed by atoms with Gasteiger partial charge in [-0.1, -0.05) is 0 Å². The number of piperazine rings is 1. The van der Waals surface area contributed by atoms with E-state index in [1.54, 1.807) is 24.5 Å². The second kappa shape index (κ2) is 7.18. The fourth-order valence-corrected chi connectivity index (χ4v) is 3.99. The van der Waals surface area contributed by atoms with Gasteiger partial charge < -0.3 is 10.2 Å². The Morgan fingerprint density at radius 1 is 0.967 bits per heavy atom. The van der Waals surface area contributed by atoms with E-state index < -0.39 is 0 Å². The van der Waals surface area contributed by atoms with Gasteiger partial charge in [-0.25, -0.2) is 14.4 Å². The van der Waals surface area contributed by atoms with E-state index in [1.165, 1.54) is 12.1 Å². The van der Waals surface area contributed by atoms with Gasteiger partial charge in [0.15, 0.2) is 5.65 Å². The van der Waals surface area contributed by atoms with Crippen LogP contribution in [0.3, 0.4) is 0 Å². The first-order chi connectivity index (χ1) is 14.5. The highest BCUT2D eigenvalue weighted by Gasteiger charge is 2.27. The summed E-state index contributed by atoms with van der Waals surface area (Å²) in [6, 6.07) is 14.3. The molecule has 0 spiro atoms. The lowest BCUT2D eigenvalue weighted by atomic mass is 10.0. The van der Waals surface area contributed by atoms with Crippen LogP contribution in [-0.2, 0) is 0 Å².